The first-order valence-corrected chi connectivity index (χ1v) is 12.0. The number of anilines is 1. The lowest BCUT2D eigenvalue weighted by Gasteiger charge is -2.28. The molecule has 28 heavy (non-hydrogen) atoms. The number of aryl methyl sites for hydroxylation is 1. The molecule has 0 fully saturated rings. The summed E-state index contributed by atoms with van der Waals surface area (Å²) in [6.45, 7) is 11.2. The molecule has 1 aliphatic rings. The zero-order valence-electron chi connectivity index (χ0n) is 16.6. The molecule has 0 aliphatic carbocycles. The topological polar surface area (TPSA) is 27.0 Å². The van der Waals surface area contributed by atoms with Crippen LogP contribution in [0.1, 0.15) is 25.0 Å². The van der Waals surface area contributed by atoms with Crippen LogP contribution < -0.4 is 4.90 Å². The molecule has 0 radical (unpaired) electrons. The van der Waals surface area contributed by atoms with Crippen LogP contribution in [0.2, 0.25) is 0 Å². The third kappa shape index (κ3) is 4.41. The van der Waals surface area contributed by atoms with E-state index in [0.717, 1.165) is 36.8 Å². The summed E-state index contributed by atoms with van der Waals surface area (Å²) in [5.74, 6) is 0. The fourth-order valence-corrected chi connectivity index (χ4v) is 6.08. The van der Waals surface area contributed by atoms with Crippen molar-refractivity contribution in [2.45, 2.75) is 31.3 Å². The van der Waals surface area contributed by atoms with Crippen molar-refractivity contribution in [3.05, 3.63) is 84.1 Å². The molecule has 4 heteroatoms. The summed E-state index contributed by atoms with van der Waals surface area (Å²) in [4.78, 5) is 3.56. The second-order valence-electron chi connectivity index (χ2n) is 6.91. The van der Waals surface area contributed by atoms with Crippen molar-refractivity contribution < 1.29 is 0 Å². The number of rotatable bonds is 4. The Hall–Kier alpha value is -2.27. The van der Waals surface area contributed by atoms with Crippen molar-refractivity contribution in [3.63, 3.8) is 0 Å². The van der Waals surface area contributed by atoms with Crippen molar-refractivity contribution in [1.29, 1.82) is 5.26 Å². The molecule has 0 amide bonds. The highest BCUT2D eigenvalue weighted by Crippen LogP contribution is 2.50. The van der Waals surface area contributed by atoms with Crippen LogP contribution in [0.3, 0.4) is 0 Å². The van der Waals surface area contributed by atoms with E-state index >= 15 is 0 Å². The Labute approximate surface area is 174 Å². The minimum absolute atomic E-state index is 0.559. The Morgan fingerprint density at radius 3 is 2.86 bits per heavy atom. The van der Waals surface area contributed by atoms with E-state index in [1.165, 1.54) is 10.5 Å². The molecule has 3 rings (SSSR count). The lowest BCUT2D eigenvalue weighted by Crippen LogP contribution is -2.27. The van der Waals surface area contributed by atoms with Gasteiger partial charge in [0.15, 0.2) is 0 Å². The molecule has 0 saturated heterocycles. The van der Waals surface area contributed by atoms with Gasteiger partial charge < -0.3 is 4.90 Å². The third-order valence-electron chi connectivity index (χ3n) is 4.60. The van der Waals surface area contributed by atoms with E-state index in [9.17, 15) is 5.26 Å². The standard InChI is InChI=1S/C24H25N2PS/c1-5-8-21(9-6-2)26-16-18(4)27-28-24-14-22(20(15-25)13-23(24)26)19-11-7-10-17(3)12-19/h5-14,18,27H,1,16H2,2-4H3/b9-6-,21-8+. The van der Waals surface area contributed by atoms with Gasteiger partial charge in [-0.15, -0.1) is 0 Å². The molecule has 2 aromatic rings. The highest BCUT2D eigenvalue weighted by molar-refractivity contribution is 8.49. The van der Waals surface area contributed by atoms with Crippen LogP contribution in [0, 0.1) is 18.3 Å². The minimum atomic E-state index is 0.559. The predicted octanol–water partition coefficient (Wildman–Crippen LogP) is 7.07. The van der Waals surface area contributed by atoms with Crippen molar-refractivity contribution >= 4 is 24.9 Å². The van der Waals surface area contributed by atoms with E-state index in [0.29, 0.717) is 11.2 Å². The molecule has 2 aromatic carbocycles. The van der Waals surface area contributed by atoms with Gasteiger partial charge in [0.2, 0.25) is 0 Å². The molecule has 2 atom stereocenters. The van der Waals surface area contributed by atoms with Crippen LogP contribution in [-0.4, -0.2) is 12.2 Å². The molecule has 2 nitrogen and oxygen atoms in total. The second kappa shape index (κ2) is 9.28. The van der Waals surface area contributed by atoms with E-state index < -0.39 is 0 Å². The van der Waals surface area contributed by atoms with E-state index in [2.05, 4.69) is 73.9 Å². The SMILES string of the molecule is C=C/C=C(\C=C/C)N1CC(C)PSc2cc(-c3cccc(C)c3)c(C#N)cc21. The van der Waals surface area contributed by atoms with Crippen LogP contribution in [-0.2, 0) is 0 Å². The Morgan fingerprint density at radius 1 is 1.36 bits per heavy atom. The summed E-state index contributed by atoms with van der Waals surface area (Å²) in [5.41, 5.74) is 6.80. The fraction of sp³-hybridized carbons (Fsp3) is 0.208. The number of fused-ring (bicyclic) bond motifs is 1. The molecule has 142 valence electrons. The van der Waals surface area contributed by atoms with Crippen molar-refractivity contribution in [2.75, 3.05) is 11.4 Å². The zero-order chi connectivity index (χ0) is 20.1. The van der Waals surface area contributed by atoms with Gasteiger partial charge in [0, 0.05) is 28.4 Å². The molecule has 0 aromatic heterocycles. The molecule has 0 saturated carbocycles. The minimum Gasteiger partial charge on any atom is -0.340 e. The number of hydrogen-bond donors (Lipinski definition) is 0. The van der Waals surface area contributed by atoms with E-state index in [4.69, 9.17) is 0 Å². The van der Waals surface area contributed by atoms with Crippen LogP contribution in [0.25, 0.3) is 11.1 Å². The third-order valence-corrected chi connectivity index (χ3v) is 8.07. The maximum atomic E-state index is 9.89. The van der Waals surface area contributed by atoms with Crippen LogP contribution in [0.5, 0.6) is 0 Å². The number of hydrogen-bond acceptors (Lipinski definition) is 3. The number of nitrogens with zero attached hydrogens (tertiary/aromatic N) is 2. The molecular formula is C24H25N2PS. The molecule has 0 N–H and O–H groups in total. The number of benzene rings is 2. The van der Waals surface area contributed by atoms with Gasteiger partial charge in [0.05, 0.1) is 17.3 Å². The maximum Gasteiger partial charge on any atom is 0.0998 e. The summed E-state index contributed by atoms with van der Waals surface area (Å²) < 4.78 is 0. The predicted molar refractivity (Wildman–Crippen MR) is 125 cm³/mol. The van der Waals surface area contributed by atoms with Crippen LogP contribution in [0.15, 0.2) is 77.9 Å². The van der Waals surface area contributed by atoms with Crippen molar-refractivity contribution in [1.82, 2.24) is 0 Å². The monoisotopic (exact) mass is 404 g/mol. The number of nitriles is 1. The maximum absolute atomic E-state index is 9.89. The van der Waals surface area contributed by atoms with Gasteiger partial charge >= 0.3 is 0 Å². The fourth-order valence-electron chi connectivity index (χ4n) is 3.35. The largest absolute Gasteiger partial charge is 0.340 e. The van der Waals surface area contributed by atoms with Gasteiger partial charge in [-0.25, -0.2) is 0 Å². The summed E-state index contributed by atoms with van der Waals surface area (Å²) in [7, 11) is 0.782. The van der Waals surface area contributed by atoms with Crippen molar-refractivity contribution in [3.8, 4) is 17.2 Å². The second-order valence-corrected chi connectivity index (χ2v) is 10.1. The normalized spacial score (nSPS) is 18.0. The summed E-state index contributed by atoms with van der Waals surface area (Å²) in [6.07, 6.45) is 8.02. The van der Waals surface area contributed by atoms with Crippen molar-refractivity contribution in [2.24, 2.45) is 0 Å². The Morgan fingerprint density at radius 2 is 2.18 bits per heavy atom. The van der Waals surface area contributed by atoms with Gasteiger partial charge in [-0.2, -0.15) is 5.26 Å². The quantitative estimate of drug-likeness (QED) is 0.403. The zero-order valence-corrected chi connectivity index (χ0v) is 18.4. The first kappa shape index (κ1) is 20.5. The molecule has 0 bridgehead atoms. The molecule has 0 spiro atoms. The lowest BCUT2D eigenvalue weighted by molar-refractivity contribution is 0.870. The smallest absolute Gasteiger partial charge is 0.0998 e. The van der Waals surface area contributed by atoms with Gasteiger partial charge in [0.1, 0.15) is 0 Å². The van der Waals surface area contributed by atoms with E-state index in [1.807, 2.05) is 36.5 Å². The van der Waals surface area contributed by atoms with E-state index in [1.54, 1.807) is 0 Å². The summed E-state index contributed by atoms with van der Waals surface area (Å²) in [6, 6.07) is 15.1. The van der Waals surface area contributed by atoms with E-state index in [-0.39, 0.29) is 0 Å². The van der Waals surface area contributed by atoms with Gasteiger partial charge in [-0.3, -0.25) is 0 Å². The van der Waals surface area contributed by atoms with Crippen LogP contribution >= 0.6 is 19.2 Å². The Kier molecular flexibility index (Phi) is 6.79. The molecule has 1 aliphatic heterocycles. The molecule has 2 unspecified atom stereocenters. The summed E-state index contributed by atoms with van der Waals surface area (Å²) >= 11 is 1.91. The average molecular weight is 405 g/mol. The molecule has 1 heterocycles. The van der Waals surface area contributed by atoms with Gasteiger partial charge in [-0.1, -0.05) is 74.6 Å². The van der Waals surface area contributed by atoms with Gasteiger partial charge in [-0.05, 0) is 43.7 Å². The van der Waals surface area contributed by atoms with Gasteiger partial charge in [0.25, 0.3) is 0 Å². The molecular weight excluding hydrogens is 379 g/mol. The Bertz CT molecular complexity index is 985. The number of allylic oxidation sites excluding steroid dienone is 4. The lowest BCUT2D eigenvalue weighted by atomic mass is 9.98. The highest BCUT2D eigenvalue weighted by Gasteiger charge is 2.24. The Balaban J connectivity index is 2.20. The first-order valence-electron chi connectivity index (χ1n) is 9.38. The average Bonchev–Trinajstić information content (AvgIpc) is 2.85. The highest BCUT2D eigenvalue weighted by atomic mass is 32.7. The first-order chi connectivity index (χ1) is 13.6. The van der Waals surface area contributed by atoms with Crippen LogP contribution in [0.4, 0.5) is 5.69 Å². The summed E-state index contributed by atoms with van der Waals surface area (Å²) in [5, 5.41) is 9.89.